The fourth-order valence-electron chi connectivity index (χ4n) is 2.65. The Kier molecular flexibility index (Phi) is 2.80. The van der Waals surface area contributed by atoms with Crippen molar-refractivity contribution in [2.75, 3.05) is 13.6 Å². The van der Waals surface area contributed by atoms with E-state index in [1.165, 1.54) is 0 Å². The van der Waals surface area contributed by atoms with Crippen LogP contribution in [0.5, 0.6) is 0 Å². The molecule has 0 spiro atoms. The number of hydrogen-bond acceptors (Lipinski definition) is 4. The molecule has 2 N–H and O–H groups in total. The number of nitrogens with two attached hydrogens (primary N) is 1. The molecule has 2 atom stereocenters. The second-order valence-electron chi connectivity index (χ2n) is 5.21. The smallest absolute Gasteiger partial charge is 0.158 e. The lowest BCUT2D eigenvalue weighted by Gasteiger charge is -2.35. The van der Waals surface area contributed by atoms with E-state index in [9.17, 15) is 0 Å². The van der Waals surface area contributed by atoms with Crippen molar-refractivity contribution in [2.24, 2.45) is 12.8 Å². The Morgan fingerprint density at radius 1 is 1.39 bits per heavy atom. The highest BCUT2D eigenvalue weighted by Gasteiger charge is 2.26. The van der Waals surface area contributed by atoms with Crippen molar-refractivity contribution in [3.63, 3.8) is 0 Å². The Labute approximate surface area is 107 Å². The van der Waals surface area contributed by atoms with E-state index in [2.05, 4.69) is 16.9 Å². The summed E-state index contributed by atoms with van der Waals surface area (Å²) in [5.41, 5.74) is 8.99. The van der Waals surface area contributed by atoms with Gasteiger partial charge >= 0.3 is 0 Å². The predicted octanol–water partition coefficient (Wildman–Crippen LogP) is 1.06. The van der Waals surface area contributed by atoms with Crippen LogP contribution in [-0.2, 0) is 7.05 Å². The molecule has 0 aliphatic carbocycles. The van der Waals surface area contributed by atoms with Crippen LogP contribution in [0.15, 0.2) is 18.5 Å². The van der Waals surface area contributed by atoms with Gasteiger partial charge in [-0.25, -0.2) is 4.98 Å². The summed E-state index contributed by atoms with van der Waals surface area (Å²) in [4.78, 5) is 11.6. The van der Waals surface area contributed by atoms with Gasteiger partial charge in [-0.3, -0.25) is 9.88 Å². The molecule has 3 rings (SSSR count). The van der Waals surface area contributed by atoms with Crippen molar-refractivity contribution in [3.8, 4) is 0 Å². The lowest BCUT2D eigenvalue weighted by atomic mass is 9.96. The average molecular weight is 245 g/mol. The molecule has 0 amide bonds. The molecular formula is C13H19N5. The van der Waals surface area contributed by atoms with Crippen molar-refractivity contribution in [1.29, 1.82) is 0 Å². The maximum absolute atomic E-state index is 6.07. The third kappa shape index (κ3) is 1.89. The fourth-order valence-corrected chi connectivity index (χ4v) is 2.65. The molecule has 5 nitrogen and oxygen atoms in total. The number of aromatic nitrogens is 3. The first-order valence-electron chi connectivity index (χ1n) is 6.39. The number of rotatable bonds is 1. The molecule has 2 unspecified atom stereocenters. The highest BCUT2D eigenvalue weighted by atomic mass is 15.2. The van der Waals surface area contributed by atoms with E-state index in [0.29, 0.717) is 6.04 Å². The minimum atomic E-state index is 0.275. The first-order valence-corrected chi connectivity index (χ1v) is 6.39. The Bertz CT molecular complexity index is 562. The summed E-state index contributed by atoms with van der Waals surface area (Å²) < 4.78 is 2.01. The van der Waals surface area contributed by atoms with E-state index in [1.807, 2.05) is 30.1 Å². The first-order chi connectivity index (χ1) is 8.65. The zero-order valence-corrected chi connectivity index (χ0v) is 10.9. The van der Waals surface area contributed by atoms with E-state index in [-0.39, 0.29) is 6.04 Å². The van der Waals surface area contributed by atoms with Crippen LogP contribution < -0.4 is 5.73 Å². The summed E-state index contributed by atoms with van der Waals surface area (Å²) in [6, 6.07) is 2.56. The van der Waals surface area contributed by atoms with Gasteiger partial charge in [0.15, 0.2) is 5.65 Å². The molecule has 0 radical (unpaired) electrons. The molecule has 5 heteroatoms. The van der Waals surface area contributed by atoms with Gasteiger partial charge in [0, 0.05) is 19.3 Å². The Morgan fingerprint density at radius 3 is 3.06 bits per heavy atom. The number of hydrogen-bond donors (Lipinski definition) is 1. The van der Waals surface area contributed by atoms with E-state index in [1.54, 1.807) is 0 Å². The zero-order chi connectivity index (χ0) is 12.7. The molecule has 2 aromatic rings. The SMILES string of the molecule is CN1CCC(N)CC1c1cnc2ccn(C)c2n1. The number of piperidine rings is 1. The quantitative estimate of drug-likeness (QED) is 0.816. The maximum atomic E-state index is 6.07. The Morgan fingerprint density at radius 2 is 2.22 bits per heavy atom. The molecule has 1 fully saturated rings. The maximum Gasteiger partial charge on any atom is 0.158 e. The summed E-state index contributed by atoms with van der Waals surface area (Å²) in [7, 11) is 4.13. The van der Waals surface area contributed by atoms with Gasteiger partial charge < -0.3 is 10.3 Å². The molecule has 1 saturated heterocycles. The van der Waals surface area contributed by atoms with Gasteiger partial charge in [0.25, 0.3) is 0 Å². The van der Waals surface area contributed by atoms with E-state index >= 15 is 0 Å². The lowest BCUT2D eigenvalue weighted by Crippen LogP contribution is -2.40. The number of aryl methyl sites for hydroxylation is 1. The van der Waals surface area contributed by atoms with E-state index in [4.69, 9.17) is 10.7 Å². The lowest BCUT2D eigenvalue weighted by molar-refractivity contribution is 0.168. The summed E-state index contributed by atoms with van der Waals surface area (Å²) >= 11 is 0. The van der Waals surface area contributed by atoms with Crippen molar-refractivity contribution < 1.29 is 0 Å². The van der Waals surface area contributed by atoms with Gasteiger partial charge in [-0.1, -0.05) is 0 Å². The third-order valence-electron chi connectivity index (χ3n) is 3.84. The highest BCUT2D eigenvalue weighted by Crippen LogP contribution is 2.28. The van der Waals surface area contributed by atoms with Crippen LogP contribution in [-0.4, -0.2) is 39.1 Å². The van der Waals surface area contributed by atoms with Gasteiger partial charge in [-0.15, -0.1) is 0 Å². The van der Waals surface area contributed by atoms with Crippen LogP contribution in [0.25, 0.3) is 11.2 Å². The molecule has 2 aromatic heterocycles. The second kappa shape index (κ2) is 4.33. The number of fused-ring (bicyclic) bond motifs is 1. The molecule has 3 heterocycles. The van der Waals surface area contributed by atoms with Gasteiger partial charge in [-0.2, -0.15) is 0 Å². The summed E-state index contributed by atoms with van der Waals surface area (Å²) in [6.07, 6.45) is 5.90. The van der Waals surface area contributed by atoms with Crippen LogP contribution >= 0.6 is 0 Å². The zero-order valence-electron chi connectivity index (χ0n) is 10.9. The minimum Gasteiger partial charge on any atom is -0.334 e. The molecular weight excluding hydrogens is 226 g/mol. The molecule has 96 valence electrons. The topological polar surface area (TPSA) is 60.0 Å². The van der Waals surface area contributed by atoms with Crippen molar-refractivity contribution in [3.05, 3.63) is 24.2 Å². The van der Waals surface area contributed by atoms with Crippen molar-refractivity contribution >= 4 is 11.2 Å². The second-order valence-corrected chi connectivity index (χ2v) is 5.21. The van der Waals surface area contributed by atoms with Crippen molar-refractivity contribution in [2.45, 2.75) is 24.9 Å². The van der Waals surface area contributed by atoms with Crippen LogP contribution in [0.1, 0.15) is 24.6 Å². The fraction of sp³-hybridized carbons (Fsp3) is 0.538. The molecule has 18 heavy (non-hydrogen) atoms. The van der Waals surface area contributed by atoms with Crippen LogP contribution in [0, 0.1) is 0 Å². The standard InChI is InChI=1S/C13H19N5/c1-17-5-3-9(14)7-12(17)11-8-15-10-4-6-18(2)13(10)16-11/h4,6,8-9,12H,3,5,7,14H2,1-2H3. The predicted molar refractivity (Wildman–Crippen MR) is 71.1 cm³/mol. The first kappa shape index (κ1) is 11.6. The monoisotopic (exact) mass is 245 g/mol. The van der Waals surface area contributed by atoms with Crippen LogP contribution in [0.2, 0.25) is 0 Å². The largest absolute Gasteiger partial charge is 0.334 e. The van der Waals surface area contributed by atoms with Gasteiger partial charge in [0.2, 0.25) is 0 Å². The van der Waals surface area contributed by atoms with E-state index < -0.39 is 0 Å². The minimum absolute atomic E-state index is 0.275. The average Bonchev–Trinajstić information content (AvgIpc) is 2.74. The number of likely N-dealkylation sites (tertiary alicyclic amines) is 1. The van der Waals surface area contributed by atoms with Crippen molar-refractivity contribution in [1.82, 2.24) is 19.4 Å². The highest BCUT2D eigenvalue weighted by molar-refractivity contribution is 5.70. The Hall–Kier alpha value is -1.46. The summed E-state index contributed by atoms with van der Waals surface area (Å²) in [5.74, 6) is 0. The van der Waals surface area contributed by atoms with Gasteiger partial charge in [0.05, 0.1) is 17.9 Å². The van der Waals surface area contributed by atoms with Crippen LogP contribution in [0.4, 0.5) is 0 Å². The van der Waals surface area contributed by atoms with Gasteiger partial charge in [0.1, 0.15) is 5.52 Å². The van der Waals surface area contributed by atoms with Crippen LogP contribution in [0.3, 0.4) is 0 Å². The molecule has 1 aliphatic rings. The summed E-state index contributed by atoms with van der Waals surface area (Å²) in [6.45, 7) is 1.03. The Balaban J connectivity index is 1.99. The molecule has 0 aromatic carbocycles. The molecule has 1 aliphatic heterocycles. The number of nitrogens with zero attached hydrogens (tertiary/aromatic N) is 4. The van der Waals surface area contributed by atoms with Gasteiger partial charge in [-0.05, 0) is 32.5 Å². The molecule has 0 bridgehead atoms. The normalized spacial score (nSPS) is 25.7. The van der Waals surface area contributed by atoms with E-state index in [0.717, 1.165) is 36.2 Å². The summed E-state index contributed by atoms with van der Waals surface area (Å²) in [5, 5.41) is 0. The molecule has 0 saturated carbocycles. The third-order valence-corrected chi connectivity index (χ3v) is 3.84.